The Morgan fingerprint density at radius 2 is 2.16 bits per heavy atom. The topological polar surface area (TPSA) is 80.0 Å². The SMILES string of the molecule is Cc1ccsc1C1C(C(=O)c2cc3cc(Cl)ccc3o2)=C(O)C(=O)N1CC1CCCO1. The molecule has 2 aromatic heterocycles. The second-order valence-electron chi connectivity index (χ2n) is 7.85. The third-order valence-corrected chi connectivity index (χ3v) is 7.13. The first kappa shape index (κ1) is 20.3. The number of thiophene rings is 1. The number of aliphatic hydroxyl groups excluding tert-OH is 1. The molecule has 6 nitrogen and oxygen atoms in total. The van der Waals surface area contributed by atoms with Gasteiger partial charge in [-0.3, -0.25) is 9.59 Å². The van der Waals surface area contributed by atoms with E-state index in [4.69, 9.17) is 20.8 Å². The zero-order chi connectivity index (χ0) is 21.7. The largest absolute Gasteiger partial charge is 0.503 e. The second kappa shape index (κ2) is 7.82. The lowest BCUT2D eigenvalue weighted by Gasteiger charge is -2.28. The Morgan fingerprint density at radius 1 is 1.32 bits per heavy atom. The van der Waals surface area contributed by atoms with Crippen molar-refractivity contribution in [2.45, 2.75) is 31.9 Å². The van der Waals surface area contributed by atoms with E-state index in [1.165, 1.54) is 11.3 Å². The molecule has 2 unspecified atom stereocenters. The molecule has 0 saturated carbocycles. The fraction of sp³-hybridized carbons (Fsp3) is 0.304. The summed E-state index contributed by atoms with van der Waals surface area (Å²) in [7, 11) is 0. The van der Waals surface area contributed by atoms with E-state index in [-0.39, 0.29) is 17.4 Å². The molecule has 2 atom stereocenters. The summed E-state index contributed by atoms with van der Waals surface area (Å²) in [5, 5.41) is 13.9. The minimum atomic E-state index is -0.680. The number of nitrogens with zero attached hydrogens (tertiary/aromatic N) is 1. The highest BCUT2D eigenvalue weighted by Crippen LogP contribution is 2.43. The van der Waals surface area contributed by atoms with Crippen molar-refractivity contribution in [3.05, 3.63) is 68.3 Å². The van der Waals surface area contributed by atoms with Gasteiger partial charge in [0, 0.05) is 28.4 Å². The molecular weight excluding hydrogens is 438 g/mol. The summed E-state index contributed by atoms with van der Waals surface area (Å²) in [5.74, 6) is -1.54. The Morgan fingerprint density at radius 3 is 2.87 bits per heavy atom. The van der Waals surface area contributed by atoms with E-state index >= 15 is 0 Å². The zero-order valence-corrected chi connectivity index (χ0v) is 18.3. The van der Waals surface area contributed by atoms with Crippen LogP contribution < -0.4 is 0 Å². The van der Waals surface area contributed by atoms with E-state index in [9.17, 15) is 14.7 Å². The van der Waals surface area contributed by atoms with Crippen LogP contribution in [0.5, 0.6) is 0 Å². The van der Waals surface area contributed by atoms with Crippen LogP contribution in [0.15, 0.2) is 51.5 Å². The zero-order valence-electron chi connectivity index (χ0n) is 16.8. The first-order valence-electron chi connectivity index (χ1n) is 10.1. The maximum atomic E-state index is 13.5. The summed E-state index contributed by atoms with van der Waals surface area (Å²) < 4.78 is 11.5. The molecule has 0 aliphatic carbocycles. The van der Waals surface area contributed by atoms with Gasteiger partial charge < -0.3 is 19.2 Å². The first-order valence-corrected chi connectivity index (χ1v) is 11.3. The number of ether oxygens (including phenoxy) is 1. The number of hydrogen-bond donors (Lipinski definition) is 1. The van der Waals surface area contributed by atoms with Crippen molar-refractivity contribution < 1.29 is 23.8 Å². The molecule has 0 radical (unpaired) electrons. The van der Waals surface area contributed by atoms with Gasteiger partial charge >= 0.3 is 0 Å². The van der Waals surface area contributed by atoms with Gasteiger partial charge in [-0.2, -0.15) is 0 Å². The highest BCUT2D eigenvalue weighted by Gasteiger charge is 2.46. The number of aryl methyl sites for hydroxylation is 1. The van der Waals surface area contributed by atoms with Crippen LogP contribution in [0.25, 0.3) is 11.0 Å². The highest BCUT2D eigenvalue weighted by atomic mass is 35.5. The quantitative estimate of drug-likeness (QED) is 0.532. The summed E-state index contributed by atoms with van der Waals surface area (Å²) in [4.78, 5) is 28.9. The summed E-state index contributed by atoms with van der Waals surface area (Å²) in [6.45, 7) is 2.90. The molecule has 0 bridgehead atoms. The third-order valence-electron chi connectivity index (χ3n) is 5.82. The Balaban J connectivity index is 1.57. The third kappa shape index (κ3) is 3.46. The van der Waals surface area contributed by atoms with Crippen molar-refractivity contribution in [1.82, 2.24) is 4.90 Å². The standard InChI is InChI=1S/C23H20ClNO5S/c1-12-6-8-31-22(12)19-18(21(27)23(28)25(19)11-15-3-2-7-29-15)20(26)17-10-13-9-14(24)4-5-16(13)30-17/h4-6,8-10,15,19,27H,2-3,7,11H2,1H3. The van der Waals surface area contributed by atoms with Crippen LogP contribution in [0.4, 0.5) is 0 Å². The van der Waals surface area contributed by atoms with Crippen molar-refractivity contribution in [3.63, 3.8) is 0 Å². The highest BCUT2D eigenvalue weighted by molar-refractivity contribution is 7.10. The number of Topliss-reactive ketones (excluding diaryl/α,β-unsaturated/α-hetero) is 1. The van der Waals surface area contributed by atoms with Crippen molar-refractivity contribution in [1.29, 1.82) is 0 Å². The van der Waals surface area contributed by atoms with Gasteiger partial charge in [0.15, 0.2) is 11.5 Å². The van der Waals surface area contributed by atoms with Crippen LogP contribution >= 0.6 is 22.9 Å². The summed E-state index contributed by atoms with van der Waals surface area (Å²) >= 11 is 7.50. The number of furan rings is 1. The molecule has 2 aliphatic rings. The average molecular weight is 458 g/mol. The molecule has 1 fully saturated rings. The number of benzene rings is 1. The maximum absolute atomic E-state index is 13.5. The number of amides is 1. The number of carbonyl (C=O) groups is 2. The Kier molecular flexibility index (Phi) is 5.12. The van der Waals surface area contributed by atoms with E-state index in [2.05, 4.69) is 0 Å². The minimum absolute atomic E-state index is 0.0405. The summed E-state index contributed by atoms with van der Waals surface area (Å²) in [6, 6.07) is 7.92. The van der Waals surface area contributed by atoms with Crippen molar-refractivity contribution in [2.75, 3.05) is 13.2 Å². The van der Waals surface area contributed by atoms with Crippen LogP contribution in [0, 0.1) is 6.92 Å². The average Bonchev–Trinajstić information content (AvgIpc) is 3.52. The van der Waals surface area contributed by atoms with Crippen molar-refractivity contribution in [2.24, 2.45) is 0 Å². The predicted octanol–water partition coefficient (Wildman–Crippen LogP) is 5.21. The lowest BCUT2D eigenvalue weighted by atomic mass is 9.98. The Bertz CT molecular complexity index is 1220. The molecular formula is C23H20ClNO5S. The summed E-state index contributed by atoms with van der Waals surface area (Å²) in [5.41, 5.74) is 1.51. The lowest BCUT2D eigenvalue weighted by Crippen LogP contribution is -2.37. The molecule has 1 saturated heterocycles. The van der Waals surface area contributed by atoms with Crippen LogP contribution in [-0.2, 0) is 9.53 Å². The monoisotopic (exact) mass is 457 g/mol. The van der Waals surface area contributed by atoms with Gasteiger partial charge in [-0.05, 0) is 61.0 Å². The number of rotatable bonds is 5. The van der Waals surface area contributed by atoms with E-state index in [0.717, 1.165) is 23.3 Å². The number of ketones is 1. The Labute approximate surface area is 187 Å². The number of hydrogen-bond acceptors (Lipinski definition) is 6. The first-order chi connectivity index (χ1) is 14.9. The molecule has 0 spiro atoms. The fourth-order valence-corrected chi connectivity index (χ4v) is 5.50. The van der Waals surface area contributed by atoms with Gasteiger partial charge in [-0.25, -0.2) is 0 Å². The van der Waals surface area contributed by atoms with Crippen LogP contribution in [0.2, 0.25) is 5.02 Å². The predicted molar refractivity (Wildman–Crippen MR) is 118 cm³/mol. The van der Waals surface area contributed by atoms with Crippen LogP contribution in [0.3, 0.4) is 0 Å². The van der Waals surface area contributed by atoms with E-state index in [1.807, 2.05) is 18.4 Å². The van der Waals surface area contributed by atoms with Gasteiger partial charge in [-0.1, -0.05) is 11.6 Å². The van der Waals surface area contributed by atoms with Gasteiger partial charge in [0.05, 0.1) is 11.7 Å². The minimum Gasteiger partial charge on any atom is -0.503 e. The number of halogens is 1. The molecule has 1 N–H and O–H groups in total. The molecule has 2 aliphatic heterocycles. The smallest absolute Gasteiger partial charge is 0.290 e. The molecule has 1 amide bonds. The lowest BCUT2D eigenvalue weighted by molar-refractivity contribution is -0.130. The molecule has 160 valence electrons. The van der Waals surface area contributed by atoms with E-state index < -0.39 is 23.5 Å². The van der Waals surface area contributed by atoms with E-state index in [0.29, 0.717) is 29.1 Å². The number of aliphatic hydroxyl groups is 1. The molecule has 31 heavy (non-hydrogen) atoms. The molecule has 1 aromatic carbocycles. The van der Waals surface area contributed by atoms with Crippen molar-refractivity contribution in [3.8, 4) is 0 Å². The maximum Gasteiger partial charge on any atom is 0.290 e. The van der Waals surface area contributed by atoms with Crippen molar-refractivity contribution >= 4 is 45.6 Å². The number of fused-ring (bicyclic) bond motifs is 1. The Hall–Kier alpha value is -2.61. The molecule has 8 heteroatoms. The van der Waals surface area contributed by atoms with E-state index in [1.54, 1.807) is 29.2 Å². The van der Waals surface area contributed by atoms with Gasteiger partial charge in [0.2, 0.25) is 5.78 Å². The van der Waals surface area contributed by atoms with Gasteiger partial charge in [-0.15, -0.1) is 11.3 Å². The van der Waals surface area contributed by atoms with Gasteiger partial charge in [0.25, 0.3) is 5.91 Å². The summed E-state index contributed by atoms with van der Waals surface area (Å²) in [6.07, 6.45) is 1.67. The molecule has 5 rings (SSSR count). The van der Waals surface area contributed by atoms with Crippen LogP contribution in [0.1, 0.15) is 39.9 Å². The van der Waals surface area contributed by atoms with Crippen LogP contribution in [-0.4, -0.2) is 41.0 Å². The normalized spacial score (nSPS) is 21.6. The number of carbonyl (C=O) groups excluding carboxylic acids is 2. The second-order valence-corrected chi connectivity index (χ2v) is 9.23. The molecule has 3 aromatic rings. The van der Waals surface area contributed by atoms with Gasteiger partial charge in [0.1, 0.15) is 11.6 Å². The molecule has 4 heterocycles. The fourth-order valence-electron chi connectivity index (χ4n) is 4.28.